The van der Waals surface area contributed by atoms with Gasteiger partial charge in [-0.1, -0.05) is 31.2 Å². The van der Waals surface area contributed by atoms with Crippen molar-refractivity contribution < 1.29 is 4.79 Å². The van der Waals surface area contributed by atoms with E-state index < -0.39 is 0 Å². The lowest BCUT2D eigenvalue weighted by Crippen LogP contribution is -2.28. The Morgan fingerprint density at radius 3 is 3.12 bits per heavy atom. The van der Waals surface area contributed by atoms with Crippen LogP contribution in [0.3, 0.4) is 0 Å². The van der Waals surface area contributed by atoms with Crippen LogP contribution in [0.5, 0.6) is 0 Å². The maximum Gasteiger partial charge on any atom is 0.222 e. The lowest BCUT2D eigenvalue weighted by atomic mass is 10.1. The topological polar surface area (TPSA) is 61.0 Å². The number of rotatable bonds is 8. The molecule has 5 nitrogen and oxygen atoms in total. The molecule has 0 fully saturated rings. The fraction of sp³-hybridized carbons (Fsp3) is 0.444. The molecule has 0 aliphatic heterocycles. The number of H-pyrrole nitrogens is 1. The first-order valence-corrected chi connectivity index (χ1v) is 8.66. The minimum absolute atomic E-state index is 0.0889. The van der Waals surface area contributed by atoms with Crippen LogP contribution < -0.4 is 5.32 Å². The van der Waals surface area contributed by atoms with Gasteiger partial charge >= 0.3 is 0 Å². The van der Waals surface area contributed by atoms with Crippen molar-refractivity contribution in [2.45, 2.75) is 38.6 Å². The first-order valence-electron chi connectivity index (χ1n) is 8.28. The molecule has 0 saturated carbocycles. The molecule has 6 heteroatoms. The third kappa shape index (κ3) is 4.74. The van der Waals surface area contributed by atoms with Crippen LogP contribution in [0.2, 0.25) is 0 Å². The Hall–Kier alpha value is -2.01. The summed E-state index contributed by atoms with van der Waals surface area (Å²) in [7, 11) is 1.84. The van der Waals surface area contributed by atoms with E-state index in [-0.39, 0.29) is 11.9 Å². The van der Waals surface area contributed by atoms with E-state index in [9.17, 15) is 4.79 Å². The minimum Gasteiger partial charge on any atom is -0.382 e. The van der Waals surface area contributed by atoms with Crippen LogP contribution >= 0.6 is 11.6 Å². The fourth-order valence-electron chi connectivity index (χ4n) is 2.68. The van der Waals surface area contributed by atoms with Crippen molar-refractivity contribution in [2.75, 3.05) is 13.6 Å². The number of halogens is 1. The molecule has 1 heterocycles. The van der Waals surface area contributed by atoms with Gasteiger partial charge in [0.1, 0.15) is 5.82 Å². The molecule has 130 valence electrons. The van der Waals surface area contributed by atoms with E-state index >= 15 is 0 Å². The van der Waals surface area contributed by atoms with E-state index in [4.69, 9.17) is 11.6 Å². The van der Waals surface area contributed by atoms with Gasteiger partial charge in [-0.05, 0) is 31.2 Å². The van der Waals surface area contributed by atoms with Crippen molar-refractivity contribution in [1.82, 2.24) is 20.2 Å². The van der Waals surface area contributed by atoms with Crippen LogP contribution in [-0.4, -0.2) is 34.4 Å². The van der Waals surface area contributed by atoms with Gasteiger partial charge in [-0.15, -0.1) is 0 Å². The van der Waals surface area contributed by atoms with Gasteiger partial charge in [0.15, 0.2) is 0 Å². The van der Waals surface area contributed by atoms with Crippen LogP contribution in [-0.2, 0) is 4.79 Å². The van der Waals surface area contributed by atoms with Gasteiger partial charge in [-0.3, -0.25) is 4.79 Å². The number of imidazole rings is 1. The number of fused-ring (bicyclic) bond motifs is 1. The van der Waals surface area contributed by atoms with E-state index in [1.165, 1.54) is 0 Å². The molecule has 1 aliphatic rings. The largest absolute Gasteiger partial charge is 0.382 e. The molecule has 1 aliphatic carbocycles. The zero-order valence-electron chi connectivity index (χ0n) is 14.3. The monoisotopic (exact) mass is 348 g/mol. The van der Waals surface area contributed by atoms with E-state index in [2.05, 4.69) is 28.8 Å². The third-order valence-electron chi connectivity index (χ3n) is 3.95. The van der Waals surface area contributed by atoms with Gasteiger partial charge in [0.05, 0.1) is 17.4 Å². The van der Waals surface area contributed by atoms with E-state index in [1.807, 2.05) is 25.3 Å². The molecule has 0 saturated heterocycles. The van der Waals surface area contributed by atoms with Gasteiger partial charge in [-0.25, -0.2) is 4.98 Å². The molecule has 2 N–H and O–H groups in total. The molecule has 0 spiro atoms. The van der Waals surface area contributed by atoms with Gasteiger partial charge in [-0.2, -0.15) is 0 Å². The molecule has 1 unspecified atom stereocenters. The van der Waals surface area contributed by atoms with Crippen molar-refractivity contribution in [1.29, 1.82) is 0 Å². The summed E-state index contributed by atoms with van der Waals surface area (Å²) in [4.78, 5) is 21.9. The van der Waals surface area contributed by atoms with E-state index in [0.29, 0.717) is 19.3 Å². The summed E-state index contributed by atoms with van der Waals surface area (Å²) in [6.45, 7) is 6.57. The number of amides is 1. The summed E-state index contributed by atoms with van der Waals surface area (Å²) >= 11 is 6.15. The molecule has 2 rings (SSSR count). The van der Waals surface area contributed by atoms with Gasteiger partial charge in [0, 0.05) is 31.5 Å². The molecule has 1 aromatic heterocycles. The lowest BCUT2D eigenvalue weighted by Gasteiger charge is -2.19. The summed E-state index contributed by atoms with van der Waals surface area (Å²) in [5.74, 6) is 0.932. The highest BCUT2D eigenvalue weighted by Gasteiger charge is 2.19. The molecule has 1 aromatic rings. The summed E-state index contributed by atoms with van der Waals surface area (Å²) in [5.41, 5.74) is 1.76. The summed E-state index contributed by atoms with van der Waals surface area (Å²) in [6, 6.07) is -0.0889. The van der Waals surface area contributed by atoms with Crippen LogP contribution in [0.15, 0.2) is 23.9 Å². The first kappa shape index (κ1) is 18.3. The number of hydrogen-bond acceptors (Lipinski definition) is 3. The Morgan fingerprint density at radius 2 is 2.42 bits per heavy atom. The van der Waals surface area contributed by atoms with Crippen LogP contribution in [0.4, 0.5) is 0 Å². The number of nitrogens with zero attached hydrogens (tertiary/aromatic N) is 2. The third-order valence-corrected chi connectivity index (χ3v) is 4.21. The summed E-state index contributed by atoms with van der Waals surface area (Å²) < 4.78 is 0. The van der Waals surface area contributed by atoms with Gasteiger partial charge in [0.25, 0.3) is 0 Å². The predicted octanol–water partition coefficient (Wildman–Crippen LogP) is 3.83. The normalized spacial score (nSPS) is 14.4. The summed E-state index contributed by atoms with van der Waals surface area (Å²) in [6.07, 6.45) is 10.3. The maximum atomic E-state index is 12.2. The zero-order valence-corrected chi connectivity index (χ0v) is 15.1. The number of hydrogen-bond donors (Lipinski definition) is 2. The Morgan fingerprint density at radius 1 is 1.62 bits per heavy atom. The second kappa shape index (κ2) is 8.73. The van der Waals surface area contributed by atoms with Crippen molar-refractivity contribution >= 4 is 29.7 Å². The number of aromatic nitrogens is 2. The van der Waals surface area contributed by atoms with Crippen molar-refractivity contribution in [3.8, 4) is 0 Å². The van der Waals surface area contributed by atoms with E-state index in [0.717, 1.165) is 35.2 Å². The molecule has 0 bridgehead atoms. The second-order valence-corrected chi connectivity index (χ2v) is 6.38. The van der Waals surface area contributed by atoms with Crippen molar-refractivity contribution in [3.05, 3.63) is 41.1 Å². The van der Waals surface area contributed by atoms with Crippen LogP contribution in [0.1, 0.15) is 55.9 Å². The second-order valence-electron chi connectivity index (χ2n) is 5.90. The highest BCUT2D eigenvalue weighted by molar-refractivity contribution is 6.31. The highest BCUT2D eigenvalue weighted by atomic mass is 35.5. The number of carbonyl (C=O) groups is 1. The average Bonchev–Trinajstić information content (AvgIpc) is 2.85. The van der Waals surface area contributed by atoms with Crippen LogP contribution in [0.25, 0.3) is 12.2 Å². The van der Waals surface area contributed by atoms with Crippen LogP contribution in [0, 0.1) is 0 Å². The molecule has 1 amide bonds. The Labute approximate surface area is 148 Å². The number of aromatic amines is 1. The molecular formula is C18H25ClN4O. The fourth-order valence-corrected chi connectivity index (χ4v) is 2.88. The van der Waals surface area contributed by atoms with E-state index in [1.54, 1.807) is 11.1 Å². The zero-order chi connectivity index (χ0) is 17.5. The SMILES string of the molecule is C=CNC(CCC(=O)N(C)CCC)c1nc2c([nH]1)C=C(Cl)CC=C2. The standard InChI is InChI=1S/C18H25ClN4O/c1-4-11-23(3)17(24)10-9-15(20-5-2)18-21-14-8-6-7-13(19)12-16(14)22-18/h5-6,8,12,15,20H,2,4,7,9-11H2,1,3H3,(H,21,22). The predicted molar refractivity (Wildman–Crippen MR) is 99.3 cm³/mol. The molecular weight excluding hydrogens is 324 g/mol. The Bertz CT molecular complexity index is 647. The summed E-state index contributed by atoms with van der Waals surface area (Å²) in [5, 5.41) is 3.95. The highest BCUT2D eigenvalue weighted by Crippen LogP contribution is 2.25. The Kier molecular flexibility index (Phi) is 6.67. The maximum absolute atomic E-state index is 12.2. The molecule has 1 atom stereocenters. The van der Waals surface area contributed by atoms with Crippen molar-refractivity contribution in [2.24, 2.45) is 0 Å². The van der Waals surface area contributed by atoms with Gasteiger partial charge < -0.3 is 15.2 Å². The molecule has 24 heavy (non-hydrogen) atoms. The number of nitrogens with one attached hydrogen (secondary N) is 2. The molecule has 0 aromatic carbocycles. The molecule has 0 radical (unpaired) electrons. The van der Waals surface area contributed by atoms with Gasteiger partial charge in [0.2, 0.25) is 5.91 Å². The smallest absolute Gasteiger partial charge is 0.222 e. The minimum atomic E-state index is -0.0889. The Balaban J connectivity index is 2.10. The number of allylic oxidation sites excluding steroid dienone is 2. The quantitative estimate of drug-likeness (QED) is 0.750. The average molecular weight is 349 g/mol. The first-order chi connectivity index (χ1) is 11.5. The lowest BCUT2D eigenvalue weighted by molar-refractivity contribution is -0.130. The van der Waals surface area contributed by atoms with Crippen molar-refractivity contribution in [3.63, 3.8) is 0 Å². The number of carbonyl (C=O) groups excluding carboxylic acids is 1.